The monoisotopic (exact) mass is 317 g/mol. The van der Waals surface area contributed by atoms with Gasteiger partial charge in [-0.2, -0.15) is 0 Å². The Morgan fingerprint density at radius 2 is 2.14 bits per heavy atom. The van der Waals surface area contributed by atoms with E-state index in [1.807, 2.05) is 25.3 Å². The Bertz CT molecular complexity index is 711. The summed E-state index contributed by atoms with van der Waals surface area (Å²) in [6, 6.07) is 2.03. The van der Waals surface area contributed by atoms with Crippen molar-refractivity contribution in [2.45, 2.75) is 39.0 Å². The van der Waals surface area contributed by atoms with Crippen LogP contribution in [-0.4, -0.2) is 18.9 Å². The van der Waals surface area contributed by atoms with Crippen molar-refractivity contribution in [1.29, 1.82) is 0 Å². The Labute approximate surface area is 133 Å². The molecule has 0 aromatic carbocycles. The number of aryl methyl sites for hydroxylation is 1. The van der Waals surface area contributed by atoms with E-state index < -0.39 is 0 Å². The Hall–Kier alpha value is -1.88. The molecular formula is C17H19NO3S. The SMILES string of the molecule is COC(=O)C1=C(C)NC2=C(C(=O)CCC2)[C@H]1c1sccc1C. The summed E-state index contributed by atoms with van der Waals surface area (Å²) in [4.78, 5) is 25.9. The summed E-state index contributed by atoms with van der Waals surface area (Å²) in [5.74, 6) is -0.523. The Kier molecular flexibility index (Phi) is 3.91. The molecule has 116 valence electrons. The van der Waals surface area contributed by atoms with Crippen LogP contribution in [-0.2, 0) is 14.3 Å². The first-order valence-corrected chi connectivity index (χ1v) is 8.29. The van der Waals surface area contributed by atoms with Gasteiger partial charge in [-0.15, -0.1) is 11.3 Å². The molecule has 2 aliphatic rings. The van der Waals surface area contributed by atoms with Gasteiger partial charge in [-0.25, -0.2) is 4.79 Å². The van der Waals surface area contributed by atoms with Crippen LogP contribution < -0.4 is 5.32 Å². The molecule has 0 bridgehead atoms. The molecule has 4 nitrogen and oxygen atoms in total. The third kappa shape index (κ3) is 2.29. The van der Waals surface area contributed by atoms with E-state index in [9.17, 15) is 9.59 Å². The van der Waals surface area contributed by atoms with Gasteiger partial charge in [0.2, 0.25) is 0 Å². The lowest BCUT2D eigenvalue weighted by Gasteiger charge is -2.33. The summed E-state index contributed by atoms with van der Waals surface area (Å²) >= 11 is 1.59. The molecular weight excluding hydrogens is 298 g/mol. The van der Waals surface area contributed by atoms with Crippen LogP contribution in [0.5, 0.6) is 0 Å². The van der Waals surface area contributed by atoms with E-state index in [2.05, 4.69) is 5.32 Å². The number of ketones is 1. The Balaban J connectivity index is 2.21. The van der Waals surface area contributed by atoms with E-state index in [4.69, 9.17) is 4.74 Å². The number of esters is 1. The van der Waals surface area contributed by atoms with E-state index >= 15 is 0 Å². The number of thiophene rings is 1. The highest BCUT2D eigenvalue weighted by Gasteiger charge is 2.39. The summed E-state index contributed by atoms with van der Waals surface area (Å²) in [6.07, 6.45) is 2.27. The number of nitrogens with one attached hydrogen (secondary N) is 1. The Morgan fingerprint density at radius 1 is 1.36 bits per heavy atom. The summed E-state index contributed by atoms with van der Waals surface area (Å²) < 4.78 is 4.98. The molecule has 5 heteroatoms. The van der Waals surface area contributed by atoms with Gasteiger partial charge in [-0.3, -0.25) is 4.79 Å². The fraction of sp³-hybridized carbons (Fsp3) is 0.412. The third-order valence-electron chi connectivity index (χ3n) is 4.35. The van der Waals surface area contributed by atoms with Crippen molar-refractivity contribution < 1.29 is 14.3 Å². The second kappa shape index (κ2) is 5.72. The van der Waals surface area contributed by atoms with Gasteiger partial charge in [-0.05, 0) is 43.7 Å². The quantitative estimate of drug-likeness (QED) is 0.851. The van der Waals surface area contributed by atoms with Gasteiger partial charge < -0.3 is 10.1 Å². The number of methoxy groups -OCH3 is 1. The molecule has 2 heterocycles. The highest BCUT2D eigenvalue weighted by molar-refractivity contribution is 7.10. The maximum atomic E-state index is 12.5. The zero-order valence-electron chi connectivity index (χ0n) is 13.0. The average Bonchev–Trinajstić information content (AvgIpc) is 2.91. The van der Waals surface area contributed by atoms with Crippen LogP contribution in [0.3, 0.4) is 0 Å². The fourth-order valence-electron chi connectivity index (χ4n) is 3.31. The molecule has 0 radical (unpaired) electrons. The van der Waals surface area contributed by atoms with Gasteiger partial charge in [-0.1, -0.05) is 0 Å². The molecule has 0 amide bonds. The van der Waals surface area contributed by atoms with Crippen LogP contribution in [0, 0.1) is 6.92 Å². The molecule has 22 heavy (non-hydrogen) atoms. The lowest BCUT2D eigenvalue weighted by atomic mass is 9.77. The summed E-state index contributed by atoms with van der Waals surface area (Å²) in [5, 5.41) is 5.27. The van der Waals surface area contributed by atoms with Crippen LogP contribution in [0.1, 0.15) is 42.5 Å². The molecule has 1 aromatic heterocycles. The fourth-order valence-corrected chi connectivity index (χ4v) is 4.35. The predicted octanol–water partition coefficient (Wildman–Crippen LogP) is 3.20. The van der Waals surface area contributed by atoms with Crippen LogP contribution in [0.4, 0.5) is 0 Å². The van der Waals surface area contributed by atoms with Gasteiger partial charge in [0.05, 0.1) is 18.6 Å². The number of carbonyl (C=O) groups excluding carboxylic acids is 2. The normalized spacial score (nSPS) is 21.6. The van der Waals surface area contributed by atoms with Gasteiger partial charge in [0.15, 0.2) is 5.78 Å². The topological polar surface area (TPSA) is 55.4 Å². The van der Waals surface area contributed by atoms with E-state index in [0.717, 1.165) is 40.2 Å². The van der Waals surface area contributed by atoms with E-state index in [1.165, 1.54) is 7.11 Å². The molecule has 0 fully saturated rings. The molecule has 0 unspecified atom stereocenters. The van der Waals surface area contributed by atoms with Crippen molar-refractivity contribution in [2.75, 3.05) is 7.11 Å². The smallest absolute Gasteiger partial charge is 0.336 e. The molecule has 1 aliphatic heterocycles. The van der Waals surface area contributed by atoms with Gasteiger partial charge in [0.25, 0.3) is 0 Å². The van der Waals surface area contributed by atoms with Crippen molar-refractivity contribution >= 4 is 23.1 Å². The number of Topliss-reactive ketones (excluding diaryl/α,β-unsaturated/α-hetero) is 1. The first kappa shape index (κ1) is 15.0. The van der Waals surface area contributed by atoms with Crippen molar-refractivity contribution in [1.82, 2.24) is 5.32 Å². The number of dihydropyridines is 1. The second-order valence-corrected chi connectivity index (χ2v) is 6.67. The lowest BCUT2D eigenvalue weighted by Crippen LogP contribution is -2.34. The van der Waals surface area contributed by atoms with Crippen molar-refractivity contribution in [2.24, 2.45) is 0 Å². The molecule has 0 spiro atoms. The molecule has 1 aromatic rings. The van der Waals surface area contributed by atoms with Crippen LogP contribution in [0.15, 0.2) is 34.0 Å². The van der Waals surface area contributed by atoms with E-state index in [0.29, 0.717) is 12.0 Å². The number of hydrogen-bond donors (Lipinski definition) is 1. The molecule has 1 N–H and O–H groups in total. The first-order chi connectivity index (χ1) is 10.5. The molecule has 3 rings (SSSR count). The number of allylic oxidation sites excluding steroid dienone is 3. The number of carbonyl (C=O) groups is 2. The van der Waals surface area contributed by atoms with E-state index in [1.54, 1.807) is 11.3 Å². The third-order valence-corrected chi connectivity index (χ3v) is 5.43. The van der Waals surface area contributed by atoms with Crippen molar-refractivity contribution in [3.63, 3.8) is 0 Å². The minimum absolute atomic E-state index is 0.139. The molecule has 1 atom stereocenters. The molecule has 0 saturated heterocycles. The largest absolute Gasteiger partial charge is 0.466 e. The van der Waals surface area contributed by atoms with Crippen LogP contribution in [0.25, 0.3) is 0 Å². The van der Waals surface area contributed by atoms with Gasteiger partial charge in [0, 0.05) is 28.3 Å². The van der Waals surface area contributed by atoms with Crippen molar-refractivity contribution in [3.8, 4) is 0 Å². The highest BCUT2D eigenvalue weighted by atomic mass is 32.1. The first-order valence-electron chi connectivity index (χ1n) is 7.41. The molecule has 1 aliphatic carbocycles. The summed E-state index contributed by atoms with van der Waals surface area (Å²) in [7, 11) is 1.38. The average molecular weight is 317 g/mol. The van der Waals surface area contributed by atoms with Gasteiger partial charge >= 0.3 is 5.97 Å². The maximum absolute atomic E-state index is 12.5. The highest BCUT2D eigenvalue weighted by Crippen LogP contribution is 2.44. The number of ether oxygens (including phenoxy) is 1. The standard InChI is InChI=1S/C17H19NO3S/c1-9-7-8-22-16(9)15-13(17(20)21-3)10(2)18-11-5-4-6-12(19)14(11)15/h7-8,15,18H,4-6H2,1-3H3/t15-/m0/s1. The lowest BCUT2D eigenvalue weighted by molar-refractivity contribution is -0.136. The maximum Gasteiger partial charge on any atom is 0.336 e. The van der Waals surface area contributed by atoms with E-state index in [-0.39, 0.29) is 17.7 Å². The van der Waals surface area contributed by atoms with Crippen molar-refractivity contribution in [3.05, 3.63) is 44.4 Å². The summed E-state index contributed by atoms with van der Waals surface area (Å²) in [6.45, 7) is 3.90. The minimum Gasteiger partial charge on any atom is -0.466 e. The Morgan fingerprint density at radius 3 is 2.77 bits per heavy atom. The number of rotatable bonds is 2. The predicted molar refractivity (Wildman–Crippen MR) is 85.5 cm³/mol. The number of hydrogen-bond acceptors (Lipinski definition) is 5. The second-order valence-electron chi connectivity index (χ2n) is 5.73. The zero-order valence-corrected chi connectivity index (χ0v) is 13.8. The van der Waals surface area contributed by atoms with Gasteiger partial charge in [0.1, 0.15) is 0 Å². The van der Waals surface area contributed by atoms with Crippen LogP contribution >= 0.6 is 11.3 Å². The minimum atomic E-state index is -0.368. The summed E-state index contributed by atoms with van der Waals surface area (Å²) in [5.41, 5.74) is 4.18. The molecule has 0 saturated carbocycles. The van der Waals surface area contributed by atoms with Crippen LogP contribution in [0.2, 0.25) is 0 Å². The zero-order chi connectivity index (χ0) is 15.9.